The molecule has 0 radical (unpaired) electrons. The molecular weight excluding hydrogens is 426 g/mol. The summed E-state index contributed by atoms with van der Waals surface area (Å²) in [6.45, 7) is 5.63. The third-order valence-corrected chi connectivity index (χ3v) is 7.67. The van der Waals surface area contributed by atoms with Crippen LogP contribution in [0.5, 0.6) is 0 Å². The largest absolute Gasteiger partial charge is 0.422 e. The van der Waals surface area contributed by atoms with Gasteiger partial charge in [-0.1, -0.05) is 12.1 Å². The molecule has 2 aromatic carbocycles. The maximum Gasteiger partial charge on any atom is 0.336 e. The lowest BCUT2D eigenvalue weighted by molar-refractivity contribution is 0.182. The van der Waals surface area contributed by atoms with E-state index < -0.39 is 27.3 Å². The Morgan fingerprint density at radius 2 is 1.68 bits per heavy atom. The minimum Gasteiger partial charge on any atom is -0.422 e. The van der Waals surface area contributed by atoms with Crippen LogP contribution in [0.15, 0.2) is 50.5 Å². The van der Waals surface area contributed by atoms with Gasteiger partial charge < -0.3 is 4.42 Å². The number of sulfonamides is 1. The number of rotatable bonds is 4. The molecule has 0 bridgehead atoms. The summed E-state index contributed by atoms with van der Waals surface area (Å²) in [4.78, 5) is 13.9. The van der Waals surface area contributed by atoms with Gasteiger partial charge in [-0.3, -0.25) is 4.90 Å². The van der Waals surface area contributed by atoms with E-state index in [4.69, 9.17) is 4.42 Å². The van der Waals surface area contributed by atoms with E-state index in [1.165, 1.54) is 10.4 Å². The Morgan fingerprint density at radius 3 is 2.35 bits per heavy atom. The lowest BCUT2D eigenvalue weighted by Gasteiger charge is -2.34. The van der Waals surface area contributed by atoms with E-state index in [2.05, 4.69) is 4.90 Å². The van der Waals surface area contributed by atoms with Crippen molar-refractivity contribution in [2.75, 3.05) is 26.2 Å². The average molecular weight is 448 g/mol. The normalized spacial score (nSPS) is 16.1. The van der Waals surface area contributed by atoms with Gasteiger partial charge in [0.05, 0.1) is 4.90 Å². The van der Waals surface area contributed by atoms with E-state index in [0.29, 0.717) is 31.3 Å². The van der Waals surface area contributed by atoms with Crippen molar-refractivity contribution in [1.29, 1.82) is 0 Å². The number of halogens is 2. The highest BCUT2D eigenvalue weighted by Crippen LogP contribution is 2.25. The van der Waals surface area contributed by atoms with Crippen molar-refractivity contribution < 1.29 is 21.6 Å². The van der Waals surface area contributed by atoms with E-state index in [-0.39, 0.29) is 18.0 Å². The molecule has 6 nitrogen and oxygen atoms in total. The Labute approximate surface area is 178 Å². The van der Waals surface area contributed by atoms with Crippen molar-refractivity contribution in [2.24, 2.45) is 0 Å². The zero-order valence-corrected chi connectivity index (χ0v) is 18.0. The molecule has 3 aromatic rings. The average Bonchev–Trinajstić information content (AvgIpc) is 2.73. The molecule has 0 atom stereocenters. The highest BCUT2D eigenvalue weighted by Gasteiger charge is 2.29. The molecular formula is C22H22F2N2O4S. The van der Waals surface area contributed by atoms with Crippen molar-refractivity contribution in [2.45, 2.75) is 25.3 Å². The lowest BCUT2D eigenvalue weighted by Crippen LogP contribution is -2.48. The summed E-state index contributed by atoms with van der Waals surface area (Å²) in [6, 6.07) is 7.97. The zero-order valence-electron chi connectivity index (χ0n) is 17.2. The molecule has 1 aliphatic rings. The summed E-state index contributed by atoms with van der Waals surface area (Å²) >= 11 is 0. The predicted molar refractivity (Wildman–Crippen MR) is 112 cm³/mol. The molecule has 0 N–H and O–H groups in total. The van der Waals surface area contributed by atoms with Gasteiger partial charge in [0.1, 0.15) is 5.58 Å². The zero-order chi connectivity index (χ0) is 22.3. The minimum absolute atomic E-state index is 0.207. The first-order valence-electron chi connectivity index (χ1n) is 9.87. The molecule has 31 heavy (non-hydrogen) atoms. The van der Waals surface area contributed by atoms with Crippen molar-refractivity contribution >= 4 is 21.0 Å². The second-order valence-corrected chi connectivity index (χ2v) is 9.67. The van der Waals surface area contributed by atoms with Crippen LogP contribution in [0.4, 0.5) is 8.78 Å². The summed E-state index contributed by atoms with van der Waals surface area (Å²) in [6.07, 6.45) is 0. The van der Waals surface area contributed by atoms with E-state index in [9.17, 15) is 22.0 Å². The van der Waals surface area contributed by atoms with E-state index in [1.807, 2.05) is 26.0 Å². The lowest BCUT2D eigenvalue weighted by atomic mass is 10.0. The Kier molecular flexibility index (Phi) is 5.67. The first-order valence-corrected chi connectivity index (χ1v) is 11.3. The highest BCUT2D eigenvalue weighted by molar-refractivity contribution is 7.89. The molecule has 164 valence electrons. The van der Waals surface area contributed by atoms with Crippen LogP contribution in [0, 0.1) is 25.5 Å². The molecule has 1 saturated heterocycles. The highest BCUT2D eigenvalue weighted by atomic mass is 32.2. The Balaban J connectivity index is 1.52. The summed E-state index contributed by atoms with van der Waals surface area (Å²) in [7, 11) is -3.91. The maximum absolute atomic E-state index is 13.5. The van der Waals surface area contributed by atoms with Gasteiger partial charge in [0, 0.05) is 44.2 Å². The van der Waals surface area contributed by atoms with Crippen LogP contribution in [-0.4, -0.2) is 43.8 Å². The molecule has 1 aromatic heterocycles. The van der Waals surface area contributed by atoms with E-state index in [1.54, 1.807) is 0 Å². The van der Waals surface area contributed by atoms with E-state index >= 15 is 0 Å². The van der Waals surface area contributed by atoms with Gasteiger partial charge in [-0.05, 0) is 48.7 Å². The standard InChI is InChI=1S/C22H22F2N2O4S/c1-14-3-5-18-16(11-21(27)30-22(18)15(14)2)13-25-7-9-26(10-8-25)31(28,29)17-4-6-19(23)20(24)12-17/h3-6,11-12H,7-10,13H2,1-2H3. The van der Waals surface area contributed by atoms with Gasteiger partial charge >= 0.3 is 5.63 Å². The van der Waals surface area contributed by atoms with Crippen LogP contribution in [0.1, 0.15) is 16.7 Å². The summed E-state index contributed by atoms with van der Waals surface area (Å²) in [5.41, 5.74) is 2.92. The van der Waals surface area contributed by atoms with Crippen molar-refractivity contribution in [3.8, 4) is 0 Å². The first-order chi connectivity index (χ1) is 14.7. The van der Waals surface area contributed by atoms with Gasteiger partial charge in [-0.15, -0.1) is 0 Å². The smallest absolute Gasteiger partial charge is 0.336 e. The van der Waals surface area contributed by atoms with Gasteiger partial charge in [-0.25, -0.2) is 22.0 Å². The Morgan fingerprint density at radius 1 is 0.968 bits per heavy atom. The number of fused-ring (bicyclic) bond motifs is 1. The van der Waals surface area contributed by atoms with Crippen molar-refractivity contribution in [1.82, 2.24) is 9.21 Å². The van der Waals surface area contributed by atoms with Crippen LogP contribution in [0.25, 0.3) is 11.0 Å². The molecule has 1 aliphatic heterocycles. The second-order valence-electron chi connectivity index (χ2n) is 7.73. The fraction of sp³-hybridized carbons (Fsp3) is 0.318. The number of nitrogens with zero attached hydrogens (tertiary/aromatic N) is 2. The maximum atomic E-state index is 13.5. The molecule has 0 aliphatic carbocycles. The fourth-order valence-electron chi connectivity index (χ4n) is 3.81. The predicted octanol–water partition coefficient (Wildman–Crippen LogP) is 3.19. The van der Waals surface area contributed by atoms with Gasteiger partial charge in [-0.2, -0.15) is 4.31 Å². The monoisotopic (exact) mass is 448 g/mol. The SMILES string of the molecule is Cc1ccc2c(CN3CCN(S(=O)(=O)c4ccc(F)c(F)c4)CC3)cc(=O)oc2c1C. The second kappa shape index (κ2) is 8.14. The molecule has 9 heteroatoms. The molecule has 2 heterocycles. The number of hydrogen-bond donors (Lipinski definition) is 0. The van der Waals surface area contributed by atoms with Gasteiger partial charge in [0.2, 0.25) is 10.0 Å². The number of benzene rings is 2. The third kappa shape index (κ3) is 4.13. The van der Waals surface area contributed by atoms with Gasteiger partial charge in [0.15, 0.2) is 11.6 Å². The van der Waals surface area contributed by atoms with Crippen LogP contribution in [-0.2, 0) is 16.6 Å². The van der Waals surface area contributed by atoms with Gasteiger partial charge in [0.25, 0.3) is 0 Å². The molecule has 0 spiro atoms. The Hall–Kier alpha value is -2.62. The molecule has 0 saturated carbocycles. The summed E-state index contributed by atoms with van der Waals surface area (Å²) < 4.78 is 58.9. The summed E-state index contributed by atoms with van der Waals surface area (Å²) in [5, 5.41) is 0.861. The molecule has 1 fully saturated rings. The molecule has 0 unspecified atom stereocenters. The van der Waals surface area contributed by atoms with Crippen LogP contribution >= 0.6 is 0 Å². The number of aryl methyl sites for hydroxylation is 2. The van der Waals surface area contributed by atoms with Crippen LogP contribution < -0.4 is 5.63 Å². The van der Waals surface area contributed by atoms with Crippen molar-refractivity contribution in [3.63, 3.8) is 0 Å². The van der Waals surface area contributed by atoms with E-state index in [0.717, 1.165) is 34.2 Å². The third-order valence-electron chi connectivity index (χ3n) is 5.77. The van der Waals surface area contributed by atoms with Crippen molar-refractivity contribution in [3.05, 3.63) is 75.1 Å². The number of piperazine rings is 1. The number of hydrogen-bond acceptors (Lipinski definition) is 5. The first kappa shape index (κ1) is 21.6. The van der Waals surface area contributed by atoms with Crippen LogP contribution in [0.3, 0.4) is 0 Å². The fourth-order valence-corrected chi connectivity index (χ4v) is 5.25. The molecule has 0 amide bonds. The minimum atomic E-state index is -3.91. The topological polar surface area (TPSA) is 70.8 Å². The summed E-state index contributed by atoms with van der Waals surface area (Å²) in [5.74, 6) is -2.28. The van der Waals surface area contributed by atoms with Crippen LogP contribution in [0.2, 0.25) is 0 Å². The molecule has 4 rings (SSSR count). The Bertz CT molecular complexity index is 1310. The quantitative estimate of drug-likeness (QED) is 0.574.